The first-order chi connectivity index (χ1) is 9.54. The molecule has 21 heavy (non-hydrogen) atoms. The first-order valence-corrected chi connectivity index (χ1v) is 8.20. The molecule has 2 heterocycles. The molecule has 0 saturated carbocycles. The third-order valence-electron chi connectivity index (χ3n) is 4.48. The van der Waals surface area contributed by atoms with E-state index in [2.05, 4.69) is 21.2 Å². The van der Waals surface area contributed by atoms with Crippen LogP contribution in [0.15, 0.2) is 22.7 Å². The van der Waals surface area contributed by atoms with E-state index < -0.39 is 0 Å². The summed E-state index contributed by atoms with van der Waals surface area (Å²) in [4.78, 5) is 14.6. The van der Waals surface area contributed by atoms with Crippen molar-refractivity contribution in [1.82, 2.24) is 10.2 Å². The van der Waals surface area contributed by atoms with Gasteiger partial charge in [-0.15, -0.1) is 12.4 Å². The van der Waals surface area contributed by atoms with Crippen LogP contribution in [0.1, 0.15) is 36.0 Å². The molecule has 2 unspecified atom stereocenters. The van der Waals surface area contributed by atoms with E-state index in [0.29, 0.717) is 28.7 Å². The van der Waals surface area contributed by atoms with E-state index >= 15 is 0 Å². The molecule has 1 aromatic carbocycles. The Labute approximate surface area is 144 Å². The number of piperidine rings is 1. The fourth-order valence-electron chi connectivity index (χ4n) is 3.36. The number of halogens is 3. The summed E-state index contributed by atoms with van der Waals surface area (Å²) in [5.74, 6) is 0.0469. The van der Waals surface area contributed by atoms with Crippen LogP contribution in [0.5, 0.6) is 0 Å². The predicted octanol–water partition coefficient (Wildman–Crippen LogP) is 3.88. The van der Waals surface area contributed by atoms with Gasteiger partial charge in [-0.1, -0.05) is 11.6 Å². The maximum Gasteiger partial charge on any atom is 0.255 e. The lowest BCUT2D eigenvalue weighted by atomic mass is 9.98. The van der Waals surface area contributed by atoms with Gasteiger partial charge in [0.05, 0.1) is 5.56 Å². The van der Waals surface area contributed by atoms with Crippen LogP contribution >= 0.6 is 39.9 Å². The molecule has 2 fully saturated rings. The van der Waals surface area contributed by atoms with Crippen molar-refractivity contribution >= 4 is 45.8 Å². The van der Waals surface area contributed by atoms with Crippen LogP contribution in [0.2, 0.25) is 5.02 Å². The molecule has 6 heteroatoms. The Kier molecular flexibility index (Phi) is 5.58. The molecular weight excluding hydrogens is 375 g/mol. The fraction of sp³-hybridized carbons (Fsp3) is 0.533. The average Bonchev–Trinajstić information content (AvgIpc) is 2.78. The normalized spacial score (nSPS) is 27.1. The summed E-state index contributed by atoms with van der Waals surface area (Å²) < 4.78 is 0.802. The minimum absolute atomic E-state index is 0. The molecule has 0 aliphatic carbocycles. The second-order valence-corrected chi connectivity index (χ2v) is 7.09. The van der Waals surface area contributed by atoms with Crippen molar-refractivity contribution in [3.05, 3.63) is 33.3 Å². The van der Waals surface area contributed by atoms with Crippen molar-refractivity contribution in [2.75, 3.05) is 7.05 Å². The Morgan fingerprint density at radius 3 is 2.57 bits per heavy atom. The molecule has 1 amide bonds. The van der Waals surface area contributed by atoms with Crippen molar-refractivity contribution in [2.45, 2.75) is 43.8 Å². The third-order valence-corrected chi connectivity index (χ3v) is 5.40. The van der Waals surface area contributed by atoms with Crippen molar-refractivity contribution < 1.29 is 4.79 Å². The number of benzene rings is 1. The number of hydrogen-bond acceptors (Lipinski definition) is 2. The maximum atomic E-state index is 12.7. The van der Waals surface area contributed by atoms with Gasteiger partial charge in [-0.2, -0.15) is 0 Å². The van der Waals surface area contributed by atoms with E-state index in [1.165, 1.54) is 12.8 Å². The van der Waals surface area contributed by atoms with Gasteiger partial charge in [0.25, 0.3) is 5.91 Å². The Balaban J connectivity index is 0.00000161. The first-order valence-electron chi connectivity index (χ1n) is 7.03. The number of amides is 1. The summed E-state index contributed by atoms with van der Waals surface area (Å²) in [6, 6.07) is 6.84. The molecule has 0 spiro atoms. The van der Waals surface area contributed by atoms with Crippen LogP contribution in [-0.4, -0.2) is 36.0 Å². The molecule has 116 valence electrons. The van der Waals surface area contributed by atoms with E-state index in [1.807, 2.05) is 18.0 Å². The maximum absolute atomic E-state index is 12.7. The smallest absolute Gasteiger partial charge is 0.255 e. The number of carbonyl (C=O) groups excluding carboxylic acids is 1. The Hall–Kier alpha value is -0.290. The second-order valence-electron chi connectivity index (χ2n) is 5.80. The molecule has 2 aliphatic rings. The third kappa shape index (κ3) is 3.55. The quantitative estimate of drug-likeness (QED) is 0.826. The van der Waals surface area contributed by atoms with Gasteiger partial charge in [-0.05, 0) is 59.8 Å². The number of nitrogens with zero attached hydrogens (tertiary/aromatic N) is 1. The van der Waals surface area contributed by atoms with Crippen molar-refractivity contribution in [3.63, 3.8) is 0 Å². The minimum atomic E-state index is 0. The summed E-state index contributed by atoms with van der Waals surface area (Å²) in [5, 5.41) is 4.20. The van der Waals surface area contributed by atoms with Crippen molar-refractivity contribution in [3.8, 4) is 0 Å². The Morgan fingerprint density at radius 1 is 1.33 bits per heavy atom. The topological polar surface area (TPSA) is 32.3 Å². The number of nitrogens with one attached hydrogen (secondary N) is 1. The second kappa shape index (κ2) is 6.86. The lowest BCUT2D eigenvalue weighted by Gasteiger charge is -2.35. The largest absolute Gasteiger partial charge is 0.339 e. The molecule has 2 bridgehead atoms. The van der Waals surface area contributed by atoms with Gasteiger partial charge in [0.15, 0.2) is 0 Å². The van der Waals surface area contributed by atoms with Crippen molar-refractivity contribution in [1.29, 1.82) is 0 Å². The van der Waals surface area contributed by atoms with Gasteiger partial charge in [0.2, 0.25) is 0 Å². The highest BCUT2D eigenvalue weighted by Gasteiger charge is 2.36. The first kappa shape index (κ1) is 17.1. The number of rotatable bonds is 2. The van der Waals surface area contributed by atoms with Gasteiger partial charge in [-0.3, -0.25) is 4.79 Å². The minimum Gasteiger partial charge on any atom is -0.339 e. The van der Waals surface area contributed by atoms with Crippen LogP contribution < -0.4 is 5.32 Å². The summed E-state index contributed by atoms with van der Waals surface area (Å²) in [5.41, 5.74) is 0.644. The van der Waals surface area contributed by atoms with Crippen molar-refractivity contribution in [2.24, 2.45) is 0 Å². The average molecular weight is 394 g/mol. The van der Waals surface area contributed by atoms with E-state index in [9.17, 15) is 4.79 Å². The number of carbonyl (C=O) groups is 1. The van der Waals surface area contributed by atoms with Gasteiger partial charge in [0.1, 0.15) is 0 Å². The highest BCUT2D eigenvalue weighted by molar-refractivity contribution is 9.10. The van der Waals surface area contributed by atoms with Gasteiger partial charge in [-0.25, -0.2) is 0 Å². The molecule has 3 rings (SSSR count). The molecule has 3 nitrogen and oxygen atoms in total. The van der Waals surface area contributed by atoms with Crippen LogP contribution in [0.25, 0.3) is 0 Å². The van der Waals surface area contributed by atoms with Gasteiger partial charge in [0, 0.05) is 34.7 Å². The van der Waals surface area contributed by atoms with Crippen LogP contribution in [0, 0.1) is 0 Å². The summed E-state index contributed by atoms with van der Waals surface area (Å²) in [6.45, 7) is 0. The lowest BCUT2D eigenvalue weighted by Crippen LogP contribution is -2.48. The van der Waals surface area contributed by atoms with Crippen LogP contribution in [0.4, 0.5) is 0 Å². The summed E-state index contributed by atoms with van der Waals surface area (Å²) in [6.07, 6.45) is 4.59. The Morgan fingerprint density at radius 2 is 1.95 bits per heavy atom. The molecule has 1 N–H and O–H groups in total. The Bertz CT molecular complexity index is 528. The zero-order valence-electron chi connectivity index (χ0n) is 11.8. The lowest BCUT2D eigenvalue weighted by molar-refractivity contribution is 0.0681. The SMILES string of the molecule is CN(C(=O)c1cc(Cl)ccc1Br)C1CC2CCC(C1)N2.Cl. The van der Waals surface area contributed by atoms with E-state index in [-0.39, 0.29) is 18.3 Å². The molecule has 0 radical (unpaired) electrons. The molecule has 2 aliphatic heterocycles. The molecule has 2 atom stereocenters. The molecule has 2 saturated heterocycles. The zero-order valence-corrected chi connectivity index (χ0v) is 15.0. The molecular formula is C15H19BrCl2N2O. The predicted molar refractivity (Wildman–Crippen MR) is 91.5 cm³/mol. The zero-order chi connectivity index (χ0) is 14.3. The molecule has 0 aromatic heterocycles. The van der Waals surface area contributed by atoms with Gasteiger partial charge >= 0.3 is 0 Å². The molecule has 1 aromatic rings. The van der Waals surface area contributed by atoms with E-state index in [0.717, 1.165) is 17.3 Å². The van der Waals surface area contributed by atoms with Crippen LogP contribution in [0.3, 0.4) is 0 Å². The highest BCUT2D eigenvalue weighted by Crippen LogP contribution is 2.31. The number of fused-ring (bicyclic) bond motifs is 2. The fourth-order valence-corrected chi connectivity index (χ4v) is 3.95. The standard InChI is InChI=1S/C15H18BrClN2O.ClH/c1-19(12-7-10-3-4-11(8-12)18-10)15(20)13-6-9(17)2-5-14(13)16;/h2,5-6,10-12,18H,3-4,7-8H2,1H3;1H. The highest BCUT2D eigenvalue weighted by atomic mass is 79.9. The monoisotopic (exact) mass is 392 g/mol. The summed E-state index contributed by atoms with van der Waals surface area (Å²) in [7, 11) is 1.91. The van der Waals surface area contributed by atoms with E-state index in [1.54, 1.807) is 12.1 Å². The van der Waals surface area contributed by atoms with Crippen LogP contribution in [-0.2, 0) is 0 Å². The van der Waals surface area contributed by atoms with Gasteiger partial charge < -0.3 is 10.2 Å². The number of hydrogen-bond donors (Lipinski definition) is 1. The summed E-state index contributed by atoms with van der Waals surface area (Å²) >= 11 is 9.45. The van der Waals surface area contributed by atoms with E-state index in [4.69, 9.17) is 11.6 Å².